The zero-order chi connectivity index (χ0) is 17.9. The third-order valence-electron chi connectivity index (χ3n) is 6.30. The highest BCUT2D eigenvalue weighted by molar-refractivity contribution is 5.76. The summed E-state index contributed by atoms with van der Waals surface area (Å²) >= 11 is 0. The Bertz CT molecular complexity index is 808. The van der Waals surface area contributed by atoms with E-state index in [-0.39, 0.29) is 11.7 Å². The smallest absolute Gasteiger partial charge is 0.326 e. The molecule has 5 nitrogen and oxygen atoms in total. The fraction of sp³-hybridized carbons (Fsp3) is 0.619. The van der Waals surface area contributed by atoms with Gasteiger partial charge in [-0.1, -0.05) is 44.2 Å². The van der Waals surface area contributed by atoms with E-state index in [9.17, 15) is 9.59 Å². The number of rotatable bonds is 4. The van der Waals surface area contributed by atoms with E-state index < -0.39 is 0 Å². The summed E-state index contributed by atoms with van der Waals surface area (Å²) in [4.78, 5) is 29.9. The summed E-state index contributed by atoms with van der Waals surface area (Å²) in [6, 6.07) is 8.03. The van der Waals surface area contributed by atoms with Crippen molar-refractivity contribution in [2.45, 2.75) is 63.8 Å². The van der Waals surface area contributed by atoms with Crippen molar-refractivity contribution in [1.29, 1.82) is 0 Å². The van der Waals surface area contributed by atoms with E-state index in [1.807, 2.05) is 33.7 Å². The van der Waals surface area contributed by atoms with Crippen LogP contribution in [0.1, 0.15) is 63.8 Å². The molecule has 0 spiro atoms. The van der Waals surface area contributed by atoms with E-state index in [1.54, 1.807) is 0 Å². The number of carbonyl (C=O) groups is 1. The predicted molar refractivity (Wildman–Crippen MR) is 103 cm³/mol. The Balaban J connectivity index is 1.34. The molecule has 1 aromatic carbocycles. The van der Waals surface area contributed by atoms with Crippen LogP contribution in [0.5, 0.6) is 0 Å². The maximum atomic E-state index is 12.6. The van der Waals surface area contributed by atoms with Crippen LogP contribution in [0, 0.1) is 5.92 Å². The zero-order valence-corrected chi connectivity index (χ0v) is 15.5. The molecule has 1 amide bonds. The molecule has 1 saturated heterocycles. The molecule has 2 fully saturated rings. The third kappa shape index (κ3) is 3.57. The minimum atomic E-state index is -0.0340. The minimum Gasteiger partial charge on any atom is -0.343 e. The Morgan fingerprint density at radius 1 is 1.04 bits per heavy atom. The summed E-state index contributed by atoms with van der Waals surface area (Å²) in [6.45, 7) is 1.53. The molecule has 0 bridgehead atoms. The summed E-state index contributed by atoms with van der Waals surface area (Å²) < 4.78 is 1.89. The maximum absolute atomic E-state index is 12.6. The molecule has 0 atom stereocenters. The van der Waals surface area contributed by atoms with E-state index in [1.165, 1.54) is 32.1 Å². The van der Waals surface area contributed by atoms with E-state index >= 15 is 0 Å². The molecular formula is C21H29N3O2. The summed E-state index contributed by atoms with van der Waals surface area (Å²) in [7, 11) is 0. The number of piperidine rings is 1. The maximum Gasteiger partial charge on any atom is 0.326 e. The number of nitrogens with one attached hydrogen (secondary N) is 1. The molecule has 2 aliphatic rings. The number of benzene rings is 1. The van der Waals surface area contributed by atoms with Gasteiger partial charge in [0, 0.05) is 25.6 Å². The van der Waals surface area contributed by atoms with E-state index in [0.29, 0.717) is 12.3 Å². The molecule has 1 N–H and O–H groups in total. The first kappa shape index (κ1) is 17.4. The fourth-order valence-corrected chi connectivity index (χ4v) is 4.77. The lowest BCUT2D eigenvalue weighted by Gasteiger charge is -2.33. The van der Waals surface area contributed by atoms with Crippen molar-refractivity contribution < 1.29 is 4.79 Å². The molecule has 2 heterocycles. The van der Waals surface area contributed by atoms with Gasteiger partial charge in [-0.3, -0.25) is 9.36 Å². The van der Waals surface area contributed by atoms with E-state index in [2.05, 4.69) is 4.98 Å². The normalized spacial score (nSPS) is 19.9. The summed E-state index contributed by atoms with van der Waals surface area (Å²) in [5, 5.41) is 0. The molecule has 0 radical (unpaired) electrons. The molecule has 26 heavy (non-hydrogen) atoms. The molecule has 140 valence electrons. The SMILES string of the molecule is O=C(CCC1CCCCC1)N1CCC(n2c(=O)[nH]c3ccccc32)CC1. The second-order valence-electron chi connectivity index (χ2n) is 7.97. The summed E-state index contributed by atoms with van der Waals surface area (Å²) in [5.74, 6) is 1.07. The Morgan fingerprint density at radius 2 is 1.77 bits per heavy atom. The van der Waals surface area contributed by atoms with Gasteiger partial charge < -0.3 is 9.88 Å². The van der Waals surface area contributed by atoms with Crippen molar-refractivity contribution in [3.05, 3.63) is 34.7 Å². The molecular weight excluding hydrogens is 326 g/mol. The molecule has 1 aliphatic carbocycles. The van der Waals surface area contributed by atoms with Gasteiger partial charge in [0.25, 0.3) is 0 Å². The van der Waals surface area contributed by atoms with Gasteiger partial charge in [-0.2, -0.15) is 0 Å². The quantitative estimate of drug-likeness (QED) is 0.905. The Morgan fingerprint density at radius 3 is 2.54 bits per heavy atom. The number of hydrogen-bond acceptors (Lipinski definition) is 2. The number of fused-ring (bicyclic) bond motifs is 1. The number of nitrogens with zero attached hydrogens (tertiary/aromatic N) is 2. The van der Waals surface area contributed by atoms with Crippen molar-refractivity contribution in [1.82, 2.24) is 14.5 Å². The number of H-pyrrole nitrogens is 1. The number of aromatic nitrogens is 2. The van der Waals surface area contributed by atoms with Crippen molar-refractivity contribution >= 4 is 16.9 Å². The van der Waals surface area contributed by atoms with Crippen LogP contribution in [0.2, 0.25) is 0 Å². The number of amides is 1. The van der Waals surface area contributed by atoms with Gasteiger partial charge in [0.15, 0.2) is 0 Å². The number of carbonyl (C=O) groups excluding carboxylic acids is 1. The van der Waals surface area contributed by atoms with Gasteiger partial charge in [0.05, 0.1) is 11.0 Å². The Kier molecular flexibility index (Phi) is 5.14. The lowest BCUT2D eigenvalue weighted by Crippen LogP contribution is -2.40. The van der Waals surface area contributed by atoms with E-state index in [4.69, 9.17) is 0 Å². The van der Waals surface area contributed by atoms with Gasteiger partial charge in [0.2, 0.25) is 5.91 Å². The van der Waals surface area contributed by atoms with Crippen molar-refractivity contribution in [2.24, 2.45) is 5.92 Å². The monoisotopic (exact) mass is 355 g/mol. The molecule has 2 aromatic rings. The lowest BCUT2D eigenvalue weighted by atomic mass is 9.86. The number of imidazole rings is 1. The van der Waals surface area contributed by atoms with Crippen LogP contribution in [0.15, 0.2) is 29.1 Å². The van der Waals surface area contributed by atoms with Crippen LogP contribution in [0.4, 0.5) is 0 Å². The van der Waals surface area contributed by atoms with Gasteiger partial charge in [-0.25, -0.2) is 4.79 Å². The van der Waals surface area contributed by atoms with Crippen molar-refractivity contribution in [3.63, 3.8) is 0 Å². The van der Waals surface area contributed by atoms with Crippen LogP contribution < -0.4 is 5.69 Å². The highest BCUT2D eigenvalue weighted by atomic mass is 16.2. The Labute approximate surface area is 154 Å². The average Bonchev–Trinajstić information content (AvgIpc) is 3.03. The van der Waals surface area contributed by atoms with Gasteiger partial charge in [-0.05, 0) is 37.3 Å². The topological polar surface area (TPSA) is 58.1 Å². The number of para-hydroxylation sites is 2. The Hall–Kier alpha value is -2.04. The van der Waals surface area contributed by atoms with E-state index in [0.717, 1.165) is 49.3 Å². The standard InChI is InChI=1S/C21H29N3O2/c25-20(11-10-16-6-2-1-3-7-16)23-14-12-17(13-15-23)24-19-9-5-4-8-18(19)22-21(24)26/h4-5,8-9,16-17H,1-3,6-7,10-15H2,(H,22,26). The van der Waals surface area contributed by atoms with Crippen molar-refractivity contribution in [2.75, 3.05) is 13.1 Å². The molecule has 4 rings (SSSR count). The van der Waals surface area contributed by atoms with Crippen molar-refractivity contribution in [3.8, 4) is 0 Å². The number of likely N-dealkylation sites (tertiary alicyclic amines) is 1. The second-order valence-corrected chi connectivity index (χ2v) is 7.97. The zero-order valence-electron chi connectivity index (χ0n) is 15.5. The first-order valence-electron chi connectivity index (χ1n) is 10.2. The molecule has 0 unspecified atom stereocenters. The number of hydrogen-bond donors (Lipinski definition) is 1. The third-order valence-corrected chi connectivity index (χ3v) is 6.30. The molecule has 5 heteroatoms. The minimum absolute atomic E-state index is 0.0340. The van der Waals surface area contributed by atoms with Gasteiger partial charge in [0.1, 0.15) is 0 Å². The average molecular weight is 355 g/mol. The van der Waals surface area contributed by atoms with Crippen LogP contribution in [-0.2, 0) is 4.79 Å². The fourth-order valence-electron chi connectivity index (χ4n) is 4.77. The second kappa shape index (κ2) is 7.68. The first-order valence-corrected chi connectivity index (χ1v) is 10.2. The predicted octanol–water partition coefficient (Wildman–Crippen LogP) is 3.85. The molecule has 1 aromatic heterocycles. The largest absolute Gasteiger partial charge is 0.343 e. The van der Waals surface area contributed by atoms with Gasteiger partial charge in [-0.15, -0.1) is 0 Å². The summed E-state index contributed by atoms with van der Waals surface area (Å²) in [6.07, 6.45) is 10.1. The lowest BCUT2D eigenvalue weighted by molar-refractivity contribution is -0.132. The van der Waals surface area contributed by atoms with Gasteiger partial charge >= 0.3 is 5.69 Å². The van der Waals surface area contributed by atoms with Crippen LogP contribution in [-0.4, -0.2) is 33.4 Å². The van der Waals surface area contributed by atoms with Crippen LogP contribution in [0.3, 0.4) is 0 Å². The molecule has 1 aliphatic heterocycles. The summed E-state index contributed by atoms with van der Waals surface area (Å²) in [5.41, 5.74) is 1.83. The highest BCUT2D eigenvalue weighted by Gasteiger charge is 2.26. The van der Waals surface area contributed by atoms with Crippen LogP contribution >= 0.6 is 0 Å². The molecule has 1 saturated carbocycles. The van der Waals surface area contributed by atoms with Crippen LogP contribution in [0.25, 0.3) is 11.0 Å². The number of aromatic amines is 1. The highest BCUT2D eigenvalue weighted by Crippen LogP contribution is 2.29. The first-order chi connectivity index (χ1) is 12.7.